The summed E-state index contributed by atoms with van der Waals surface area (Å²) in [6, 6.07) is 18.3. The maximum Gasteiger partial charge on any atom is 0.175 e. The topological polar surface area (TPSA) is 24.1 Å². The summed E-state index contributed by atoms with van der Waals surface area (Å²) in [7, 11) is 0. The zero-order valence-corrected chi connectivity index (χ0v) is 12.7. The highest BCUT2D eigenvalue weighted by molar-refractivity contribution is 7.80. The fourth-order valence-electron chi connectivity index (χ4n) is 2.07. The third kappa shape index (κ3) is 3.81. The average Bonchev–Trinajstić information content (AvgIpc) is 2.48. The molecule has 0 amide bonds. The first-order valence-corrected chi connectivity index (χ1v) is 7.33. The minimum atomic E-state index is 0.512. The van der Waals surface area contributed by atoms with E-state index in [-0.39, 0.29) is 0 Å². The molecule has 0 spiro atoms. The summed E-state index contributed by atoms with van der Waals surface area (Å²) >= 11 is 5.38. The Morgan fingerprint density at radius 3 is 2.35 bits per heavy atom. The van der Waals surface area contributed by atoms with E-state index in [0.29, 0.717) is 11.0 Å². The SMILES string of the molecule is CC[C@@H](C)c1ccccc1NC(=S)Nc1ccccc1. The Morgan fingerprint density at radius 2 is 1.65 bits per heavy atom. The van der Waals surface area contributed by atoms with Gasteiger partial charge >= 0.3 is 0 Å². The number of rotatable bonds is 4. The standard InChI is InChI=1S/C17H20N2S/c1-3-13(2)15-11-7-8-12-16(15)19-17(20)18-14-9-5-4-6-10-14/h4-13H,3H2,1-2H3,(H2,18,19,20)/t13-/m1/s1. The number of nitrogens with one attached hydrogen (secondary N) is 2. The summed E-state index contributed by atoms with van der Waals surface area (Å²) in [5.74, 6) is 0.512. The van der Waals surface area contributed by atoms with E-state index in [9.17, 15) is 0 Å². The molecule has 20 heavy (non-hydrogen) atoms. The van der Waals surface area contributed by atoms with Gasteiger partial charge in [-0.25, -0.2) is 0 Å². The van der Waals surface area contributed by atoms with Crippen LogP contribution < -0.4 is 10.6 Å². The van der Waals surface area contributed by atoms with Crippen molar-refractivity contribution in [2.24, 2.45) is 0 Å². The van der Waals surface area contributed by atoms with Crippen molar-refractivity contribution in [1.82, 2.24) is 0 Å². The predicted molar refractivity (Wildman–Crippen MR) is 91.4 cm³/mol. The Bertz CT molecular complexity index is 566. The Labute approximate surface area is 126 Å². The molecule has 2 nitrogen and oxygen atoms in total. The van der Waals surface area contributed by atoms with Gasteiger partial charge in [-0.05, 0) is 48.3 Å². The minimum absolute atomic E-state index is 0.512. The summed E-state index contributed by atoms with van der Waals surface area (Å²) in [4.78, 5) is 0. The van der Waals surface area contributed by atoms with Crippen LogP contribution >= 0.6 is 12.2 Å². The quantitative estimate of drug-likeness (QED) is 0.772. The highest BCUT2D eigenvalue weighted by atomic mass is 32.1. The molecule has 0 aliphatic rings. The third-order valence-electron chi connectivity index (χ3n) is 3.38. The minimum Gasteiger partial charge on any atom is -0.332 e. The van der Waals surface area contributed by atoms with E-state index in [2.05, 4.69) is 42.7 Å². The van der Waals surface area contributed by atoms with Crippen molar-refractivity contribution in [3.8, 4) is 0 Å². The lowest BCUT2D eigenvalue weighted by Crippen LogP contribution is -2.20. The number of thiocarbonyl (C=S) groups is 1. The molecule has 0 radical (unpaired) electrons. The van der Waals surface area contributed by atoms with Crippen molar-refractivity contribution in [2.45, 2.75) is 26.2 Å². The molecule has 2 aromatic carbocycles. The van der Waals surface area contributed by atoms with Gasteiger partial charge in [0.25, 0.3) is 0 Å². The van der Waals surface area contributed by atoms with E-state index in [0.717, 1.165) is 17.8 Å². The van der Waals surface area contributed by atoms with Crippen LogP contribution in [0.4, 0.5) is 11.4 Å². The molecule has 0 heterocycles. The molecule has 2 aromatic rings. The van der Waals surface area contributed by atoms with Crippen LogP contribution in [0.2, 0.25) is 0 Å². The Hall–Kier alpha value is -1.87. The van der Waals surface area contributed by atoms with Crippen LogP contribution in [-0.4, -0.2) is 5.11 Å². The van der Waals surface area contributed by atoms with Crippen molar-refractivity contribution >= 4 is 28.7 Å². The van der Waals surface area contributed by atoms with E-state index in [1.165, 1.54) is 5.56 Å². The average molecular weight is 284 g/mol. The maximum atomic E-state index is 5.38. The lowest BCUT2D eigenvalue weighted by molar-refractivity contribution is 0.736. The van der Waals surface area contributed by atoms with Crippen molar-refractivity contribution in [2.75, 3.05) is 10.6 Å². The summed E-state index contributed by atoms with van der Waals surface area (Å²) in [5, 5.41) is 7.11. The van der Waals surface area contributed by atoms with Crippen molar-refractivity contribution < 1.29 is 0 Å². The highest BCUT2D eigenvalue weighted by Crippen LogP contribution is 2.26. The molecule has 0 aliphatic heterocycles. The lowest BCUT2D eigenvalue weighted by atomic mass is 9.97. The largest absolute Gasteiger partial charge is 0.332 e. The number of benzene rings is 2. The zero-order chi connectivity index (χ0) is 14.4. The van der Waals surface area contributed by atoms with Crippen LogP contribution in [0.25, 0.3) is 0 Å². The van der Waals surface area contributed by atoms with Crippen LogP contribution in [0.3, 0.4) is 0 Å². The van der Waals surface area contributed by atoms with Crippen LogP contribution in [0.15, 0.2) is 54.6 Å². The van der Waals surface area contributed by atoms with Gasteiger partial charge in [0, 0.05) is 11.4 Å². The second-order valence-electron chi connectivity index (χ2n) is 4.84. The summed E-state index contributed by atoms with van der Waals surface area (Å²) < 4.78 is 0. The van der Waals surface area contributed by atoms with Crippen LogP contribution in [-0.2, 0) is 0 Å². The van der Waals surface area contributed by atoms with Gasteiger partial charge in [-0.2, -0.15) is 0 Å². The van der Waals surface area contributed by atoms with E-state index in [1.807, 2.05) is 36.4 Å². The van der Waals surface area contributed by atoms with E-state index >= 15 is 0 Å². The molecule has 0 bridgehead atoms. The molecule has 0 unspecified atom stereocenters. The first-order valence-electron chi connectivity index (χ1n) is 6.92. The molecule has 0 aromatic heterocycles. The van der Waals surface area contributed by atoms with Gasteiger partial charge in [-0.15, -0.1) is 0 Å². The molecule has 0 aliphatic carbocycles. The first-order chi connectivity index (χ1) is 9.70. The van der Waals surface area contributed by atoms with Gasteiger partial charge in [-0.3, -0.25) is 0 Å². The van der Waals surface area contributed by atoms with Crippen LogP contribution in [0.5, 0.6) is 0 Å². The van der Waals surface area contributed by atoms with Gasteiger partial charge in [0.1, 0.15) is 0 Å². The van der Waals surface area contributed by atoms with E-state index in [1.54, 1.807) is 0 Å². The van der Waals surface area contributed by atoms with Crippen LogP contribution in [0.1, 0.15) is 31.7 Å². The number of hydrogen-bond donors (Lipinski definition) is 2. The summed E-state index contributed by atoms with van der Waals surface area (Å²) in [6.07, 6.45) is 1.11. The molecule has 1 atom stereocenters. The lowest BCUT2D eigenvalue weighted by Gasteiger charge is -2.17. The van der Waals surface area contributed by atoms with Crippen molar-refractivity contribution in [3.63, 3.8) is 0 Å². The van der Waals surface area contributed by atoms with Crippen molar-refractivity contribution in [1.29, 1.82) is 0 Å². The Balaban J connectivity index is 2.08. The molecule has 2 rings (SSSR count). The summed E-state index contributed by atoms with van der Waals surface area (Å²) in [6.45, 7) is 4.43. The van der Waals surface area contributed by atoms with Gasteiger partial charge in [0.15, 0.2) is 5.11 Å². The number of hydrogen-bond acceptors (Lipinski definition) is 1. The van der Waals surface area contributed by atoms with Crippen molar-refractivity contribution in [3.05, 3.63) is 60.2 Å². The van der Waals surface area contributed by atoms with Gasteiger partial charge in [0.2, 0.25) is 0 Å². The molecular weight excluding hydrogens is 264 g/mol. The normalized spacial score (nSPS) is 11.7. The molecule has 104 valence electrons. The number of para-hydroxylation sites is 2. The molecule has 0 saturated heterocycles. The fraction of sp³-hybridized carbons (Fsp3) is 0.235. The summed E-state index contributed by atoms with van der Waals surface area (Å²) in [5.41, 5.74) is 3.37. The van der Waals surface area contributed by atoms with E-state index in [4.69, 9.17) is 12.2 Å². The molecule has 3 heteroatoms. The smallest absolute Gasteiger partial charge is 0.175 e. The predicted octanol–water partition coefficient (Wildman–Crippen LogP) is 5.01. The molecule has 0 fully saturated rings. The van der Waals surface area contributed by atoms with Crippen LogP contribution in [0, 0.1) is 0 Å². The molecule has 0 saturated carbocycles. The zero-order valence-electron chi connectivity index (χ0n) is 11.9. The first kappa shape index (κ1) is 14.5. The molecule has 2 N–H and O–H groups in total. The Kier molecular flexibility index (Phi) is 5.13. The van der Waals surface area contributed by atoms with Gasteiger partial charge in [-0.1, -0.05) is 50.2 Å². The van der Waals surface area contributed by atoms with Gasteiger partial charge in [0.05, 0.1) is 0 Å². The van der Waals surface area contributed by atoms with E-state index < -0.39 is 0 Å². The fourth-order valence-corrected chi connectivity index (χ4v) is 2.29. The monoisotopic (exact) mass is 284 g/mol. The highest BCUT2D eigenvalue weighted by Gasteiger charge is 2.09. The number of anilines is 2. The second kappa shape index (κ2) is 7.06. The maximum absolute atomic E-state index is 5.38. The second-order valence-corrected chi connectivity index (χ2v) is 5.25. The molecular formula is C17H20N2S. The Morgan fingerprint density at radius 1 is 1.00 bits per heavy atom. The third-order valence-corrected chi connectivity index (χ3v) is 3.59. The van der Waals surface area contributed by atoms with Gasteiger partial charge < -0.3 is 10.6 Å².